The molecule has 2 nitrogen and oxygen atoms in total. The number of halogens is 1. The van der Waals surface area contributed by atoms with Crippen molar-refractivity contribution in [3.63, 3.8) is 0 Å². The Labute approximate surface area is 100 Å². The van der Waals surface area contributed by atoms with E-state index in [1.54, 1.807) is 6.07 Å². The Morgan fingerprint density at radius 3 is 2.62 bits per heavy atom. The molecule has 1 aromatic rings. The molecule has 2 rings (SSSR count). The van der Waals surface area contributed by atoms with Crippen molar-refractivity contribution in [2.24, 2.45) is 5.41 Å². The summed E-state index contributed by atoms with van der Waals surface area (Å²) in [6.45, 7) is 1.92. The van der Waals surface area contributed by atoms with Crippen LogP contribution in [0.15, 0.2) is 18.2 Å². The summed E-state index contributed by atoms with van der Waals surface area (Å²) < 4.78 is 0. The number of benzene rings is 1. The normalized spacial score (nSPS) is 19.6. The fourth-order valence-corrected chi connectivity index (χ4v) is 2.29. The highest BCUT2D eigenvalue weighted by molar-refractivity contribution is 6.31. The molecular formula is C13H14ClNO. The molecule has 1 aliphatic rings. The van der Waals surface area contributed by atoms with Crippen LogP contribution < -0.4 is 0 Å². The van der Waals surface area contributed by atoms with E-state index in [4.69, 9.17) is 16.9 Å². The maximum Gasteiger partial charge on any atom is 0.0976 e. The molecule has 0 aromatic heterocycles. The van der Waals surface area contributed by atoms with Crippen molar-refractivity contribution in [1.82, 2.24) is 0 Å². The molecule has 0 heterocycles. The number of nitrogens with zero attached hydrogens (tertiary/aromatic N) is 1. The summed E-state index contributed by atoms with van der Waals surface area (Å²) in [5.41, 5.74) is 1.15. The molecule has 16 heavy (non-hydrogen) atoms. The Morgan fingerprint density at radius 1 is 1.50 bits per heavy atom. The second-order valence-electron chi connectivity index (χ2n) is 4.53. The highest BCUT2D eigenvalue weighted by Gasteiger charge is 2.44. The van der Waals surface area contributed by atoms with Crippen LogP contribution in [0.3, 0.4) is 0 Å². The minimum atomic E-state index is -0.718. The number of aryl methyl sites for hydroxylation is 1. The first-order valence-corrected chi connectivity index (χ1v) is 5.82. The SMILES string of the molecule is Cc1ccc(C(O)C2(C#N)CCC2)cc1Cl. The van der Waals surface area contributed by atoms with Crippen LogP contribution >= 0.6 is 11.6 Å². The molecule has 1 atom stereocenters. The zero-order chi connectivity index (χ0) is 11.8. The standard InChI is InChI=1S/C13H14ClNO/c1-9-3-4-10(7-11(9)14)12(16)13(8-15)5-2-6-13/h3-4,7,12,16H,2,5-6H2,1H3. The highest BCUT2D eigenvalue weighted by Crippen LogP contribution is 2.49. The lowest BCUT2D eigenvalue weighted by Crippen LogP contribution is -2.34. The molecule has 3 heteroatoms. The zero-order valence-corrected chi connectivity index (χ0v) is 9.96. The predicted octanol–water partition coefficient (Wildman–Crippen LogP) is 3.38. The molecule has 1 aromatic carbocycles. The second-order valence-corrected chi connectivity index (χ2v) is 4.94. The number of aliphatic hydroxyl groups is 1. The fraction of sp³-hybridized carbons (Fsp3) is 0.462. The van der Waals surface area contributed by atoms with Crippen molar-refractivity contribution in [2.45, 2.75) is 32.3 Å². The van der Waals surface area contributed by atoms with E-state index in [0.29, 0.717) is 5.02 Å². The monoisotopic (exact) mass is 235 g/mol. The van der Waals surface area contributed by atoms with E-state index in [9.17, 15) is 5.11 Å². The van der Waals surface area contributed by atoms with E-state index in [-0.39, 0.29) is 0 Å². The molecule has 0 saturated heterocycles. The first kappa shape index (κ1) is 11.4. The van der Waals surface area contributed by atoms with Crippen LogP contribution in [-0.4, -0.2) is 5.11 Å². The van der Waals surface area contributed by atoms with Crippen LogP contribution in [0.1, 0.15) is 36.5 Å². The van der Waals surface area contributed by atoms with Crippen molar-refractivity contribution in [3.05, 3.63) is 34.3 Å². The summed E-state index contributed by atoms with van der Waals surface area (Å²) in [4.78, 5) is 0. The first-order valence-electron chi connectivity index (χ1n) is 5.44. The van der Waals surface area contributed by atoms with E-state index < -0.39 is 11.5 Å². The van der Waals surface area contributed by atoms with Gasteiger partial charge >= 0.3 is 0 Å². The summed E-state index contributed by atoms with van der Waals surface area (Å²) in [5.74, 6) is 0. The average molecular weight is 236 g/mol. The predicted molar refractivity (Wildman–Crippen MR) is 63.0 cm³/mol. The highest BCUT2D eigenvalue weighted by atomic mass is 35.5. The molecule has 1 aliphatic carbocycles. The summed E-state index contributed by atoms with van der Waals surface area (Å²) in [7, 11) is 0. The molecule has 0 amide bonds. The Morgan fingerprint density at radius 2 is 2.19 bits per heavy atom. The lowest BCUT2D eigenvalue weighted by molar-refractivity contribution is 0.00795. The maximum absolute atomic E-state index is 10.2. The van der Waals surface area contributed by atoms with Gasteiger partial charge in [-0.25, -0.2) is 0 Å². The van der Waals surface area contributed by atoms with Gasteiger partial charge in [-0.1, -0.05) is 30.2 Å². The largest absolute Gasteiger partial charge is 0.387 e. The van der Waals surface area contributed by atoms with Gasteiger partial charge in [0.2, 0.25) is 0 Å². The zero-order valence-electron chi connectivity index (χ0n) is 9.20. The van der Waals surface area contributed by atoms with Crippen molar-refractivity contribution < 1.29 is 5.11 Å². The fourth-order valence-electron chi connectivity index (χ4n) is 2.10. The van der Waals surface area contributed by atoms with Crippen molar-refractivity contribution in [1.29, 1.82) is 5.26 Å². The molecule has 0 bridgehead atoms. The van der Waals surface area contributed by atoms with Crippen LogP contribution in [0.25, 0.3) is 0 Å². The Kier molecular flexibility index (Phi) is 2.92. The molecule has 1 saturated carbocycles. The average Bonchev–Trinajstić information content (AvgIpc) is 2.21. The number of hydrogen-bond acceptors (Lipinski definition) is 2. The molecular weight excluding hydrogens is 222 g/mol. The molecule has 0 spiro atoms. The van der Waals surface area contributed by atoms with E-state index >= 15 is 0 Å². The minimum absolute atomic E-state index is 0.585. The second kappa shape index (κ2) is 4.08. The number of aliphatic hydroxyl groups excluding tert-OH is 1. The lowest BCUT2D eigenvalue weighted by Gasteiger charge is -2.39. The van der Waals surface area contributed by atoms with Gasteiger partial charge in [0, 0.05) is 5.02 Å². The Balaban J connectivity index is 2.31. The van der Waals surface area contributed by atoms with Crippen molar-refractivity contribution in [3.8, 4) is 6.07 Å². The quantitative estimate of drug-likeness (QED) is 0.854. The Bertz CT molecular complexity index is 446. The molecule has 1 unspecified atom stereocenters. The van der Waals surface area contributed by atoms with Gasteiger partial charge in [-0.15, -0.1) is 0 Å². The van der Waals surface area contributed by atoms with Gasteiger partial charge in [-0.3, -0.25) is 0 Å². The van der Waals surface area contributed by atoms with Crippen LogP contribution in [0.4, 0.5) is 0 Å². The number of nitriles is 1. The van der Waals surface area contributed by atoms with Gasteiger partial charge < -0.3 is 5.11 Å². The van der Waals surface area contributed by atoms with E-state index in [1.807, 2.05) is 19.1 Å². The summed E-state index contributed by atoms with van der Waals surface area (Å²) in [6, 6.07) is 7.75. The molecule has 0 aliphatic heterocycles. The van der Waals surface area contributed by atoms with Gasteiger partial charge in [0.05, 0.1) is 17.6 Å². The number of rotatable bonds is 2. The topological polar surface area (TPSA) is 44.0 Å². The van der Waals surface area contributed by atoms with Crippen LogP contribution in [0, 0.1) is 23.7 Å². The lowest BCUT2D eigenvalue weighted by atomic mass is 9.64. The summed E-state index contributed by atoms with van der Waals surface area (Å²) in [5, 5.41) is 20.0. The van der Waals surface area contributed by atoms with Crippen LogP contribution in [0.2, 0.25) is 5.02 Å². The van der Waals surface area contributed by atoms with Crippen LogP contribution in [0.5, 0.6) is 0 Å². The molecule has 84 valence electrons. The van der Waals surface area contributed by atoms with E-state index in [2.05, 4.69) is 6.07 Å². The molecule has 1 fully saturated rings. The third kappa shape index (κ3) is 1.71. The summed E-state index contributed by atoms with van der Waals surface area (Å²) >= 11 is 6.02. The smallest absolute Gasteiger partial charge is 0.0976 e. The van der Waals surface area contributed by atoms with E-state index in [0.717, 1.165) is 30.4 Å². The van der Waals surface area contributed by atoms with Gasteiger partial charge in [0.25, 0.3) is 0 Å². The van der Waals surface area contributed by atoms with Gasteiger partial charge in [0.1, 0.15) is 0 Å². The van der Waals surface area contributed by atoms with Gasteiger partial charge in [-0.2, -0.15) is 5.26 Å². The van der Waals surface area contributed by atoms with Gasteiger partial charge in [-0.05, 0) is 37.0 Å². The van der Waals surface area contributed by atoms with Gasteiger partial charge in [0.15, 0.2) is 0 Å². The number of hydrogen-bond donors (Lipinski definition) is 1. The third-order valence-electron chi connectivity index (χ3n) is 3.50. The third-order valence-corrected chi connectivity index (χ3v) is 3.91. The molecule has 1 N–H and O–H groups in total. The molecule has 0 radical (unpaired) electrons. The maximum atomic E-state index is 10.2. The summed E-state index contributed by atoms with van der Waals surface area (Å²) in [6.07, 6.45) is 1.85. The van der Waals surface area contributed by atoms with Crippen molar-refractivity contribution >= 4 is 11.6 Å². The first-order chi connectivity index (χ1) is 7.59. The Hall–Kier alpha value is -1.04. The van der Waals surface area contributed by atoms with Crippen LogP contribution in [-0.2, 0) is 0 Å². The van der Waals surface area contributed by atoms with E-state index in [1.165, 1.54) is 0 Å². The van der Waals surface area contributed by atoms with Crippen molar-refractivity contribution in [2.75, 3.05) is 0 Å². The minimum Gasteiger partial charge on any atom is -0.387 e.